The second kappa shape index (κ2) is 16.2. The molecule has 0 unspecified atom stereocenters. The number of hydrogen-bond acceptors (Lipinski definition) is 3. The monoisotopic (exact) mass is 828 g/mol. The average molecular weight is 829 g/mol. The van der Waals surface area contributed by atoms with Crippen LogP contribution in [0.3, 0.4) is 0 Å². The van der Waals surface area contributed by atoms with Gasteiger partial charge in [0.2, 0.25) is 0 Å². The van der Waals surface area contributed by atoms with E-state index in [9.17, 15) is 0 Å². The molecule has 0 N–H and O–H groups in total. The quantitative estimate of drug-likeness (QED) is 0.153. The number of pyridine rings is 1. The summed E-state index contributed by atoms with van der Waals surface area (Å²) in [5.41, 5.74) is 18.1. The van der Waals surface area contributed by atoms with Crippen molar-refractivity contribution in [2.24, 2.45) is 0 Å². The molecule has 4 heteroatoms. The molecule has 304 valence electrons. The van der Waals surface area contributed by atoms with Gasteiger partial charge in [-0.3, -0.25) is 0 Å². The van der Waals surface area contributed by atoms with Crippen molar-refractivity contribution in [3.05, 3.63) is 243 Å². The maximum atomic E-state index is 5.30. The van der Waals surface area contributed by atoms with Crippen molar-refractivity contribution in [3.63, 3.8) is 0 Å². The van der Waals surface area contributed by atoms with Crippen molar-refractivity contribution in [2.75, 3.05) is 0 Å². The Morgan fingerprint density at radius 1 is 0.292 bits per heavy atom. The molecule has 4 nitrogen and oxygen atoms in total. The minimum absolute atomic E-state index is 0.681. The second-order valence-corrected chi connectivity index (χ2v) is 16.4. The van der Waals surface area contributed by atoms with Crippen LogP contribution in [0.25, 0.3) is 117 Å². The Morgan fingerprint density at radius 2 is 0.692 bits per heavy atom. The van der Waals surface area contributed by atoms with Gasteiger partial charge in [-0.05, 0) is 63.7 Å². The van der Waals surface area contributed by atoms with E-state index in [1.807, 2.05) is 12.1 Å². The van der Waals surface area contributed by atoms with E-state index in [0.29, 0.717) is 5.82 Å². The lowest BCUT2D eigenvalue weighted by molar-refractivity contribution is 1.17. The molecule has 9 aromatic carbocycles. The summed E-state index contributed by atoms with van der Waals surface area (Å²) >= 11 is 0. The number of aromatic nitrogens is 4. The Hall–Kier alpha value is -8.73. The third kappa shape index (κ3) is 7.04. The number of fused-ring (bicyclic) bond motifs is 5. The third-order valence-electron chi connectivity index (χ3n) is 12.5. The molecule has 0 fully saturated rings. The van der Waals surface area contributed by atoms with Crippen LogP contribution in [-0.4, -0.2) is 19.5 Å². The highest BCUT2D eigenvalue weighted by Crippen LogP contribution is 2.41. The Morgan fingerprint density at radius 3 is 1.23 bits per heavy atom. The maximum Gasteiger partial charge on any atom is 0.160 e. The predicted molar refractivity (Wildman–Crippen MR) is 270 cm³/mol. The van der Waals surface area contributed by atoms with Crippen LogP contribution >= 0.6 is 0 Å². The molecule has 65 heavy (non-hydrogen) atoms. The van der Waals surface area contributed by atoms with Crippen molar-refractivity contribution >= 4 is 32.7 Å². The maximum absolute atomic E-state index is 5.30. The molecule has 0 bridgehead atoms. The van der Waals surface area contributed by atoms with E-state index in [2.05, 4.69) is 235 Å². The molecule has 0 saturated heterocycles. The third-order valence-corrected chi connectivity index (χ3v) is 12.5. The van der Waals surface area contributed by atoms with Crippen LogP contribution in [0.2, 0.25) is 0 Å². The zero-order valence-electron chi connectivity index (χ0n) is 35.4. The molecule has 0 atom stereocenters. The molecule has 0 spiro atoms. The molecule has 0 amide bonds. The minimum Gasteiger partial charge on any atom is -0.307 e. The molecule has 0 saturated carbocycles. The van der Waals surface area contributed by atoms with E-state index >= 15 is 0 Å². The van der Waals surface area contributed by atoms with Crippen LogP contribution in [0.5, 0.6) is 0 Å². The van der Waals surface area contributed by atoms with Gasteiger partial charge in [0.25, 0.3) is 0 Å². The lowest BCUT2D eigenvalue weighted by atomic mass is 10.00. The Kier molecular flexibility index (Phi) is 9.46. The van der Waals surface area contributed by atoms with E-state index in [0.717, 1.165) is 78.1 Å². The fourth-order valence-electron chi connectivity index (χ4n) is 9.17. The molecule has 0 aliphatic heterocycles. The molecule has 12 rings (SSSR count). The van der Waals surface area contributed by atoms with Crippen molar-refractivity contribution in [1.82, 2.24) is 19.5 Å². The lowest BCUT2D eigenvalue weighted by Crippen LogP contribution is -1.98. The fourth-order valence-corrected chi connectivity index (χ4v) is 9.17. The first-order valence-electron chi connectivity index (χ1n) is 22.0. The number of benzene rings is 9. The summed E-state index contributed by atoms with van der Waals surface area (Å²) in [5.74, 6) is 0.681. The zero-order valence-corrected chi connectivity index (χ0v) is 35.4. The summed E-state index contributed by atoms with van der Waals surface area (Å²) in [6.07, 6.45) is 0. The van der Waals surface area contributed by atoms with Gasteiger partial charge in [-0.2, -0.15) is 0 Å². The van der Waals surface area contributed by atoms with Gasteiger partial charge in [0, 0.05) is 44.1 Å². The zero-order chi connectivity index (χ0) is 43.1. The molecular formula is C61H40N4. The van der Waals surface area contributed by atoms with Crippen LogP contribution < -0.4 is 0 Å². The molecule has 3 aromatic heterocycles. The van der Waals surface area contributed by atoms with Gasteiger partial charge in [-0.15, -0.1) is 0 Å². The smallest absolute Gasteiger partial charge is 0.160 e. The highest BCUT2D eigenvalue weighted by atomic mass is 15.0. The summed E-state index contributed by atoms with van der Waals surface area (Å²) in [4.78, 5) is 15.7. The van der Waals surface area contributed by atoms with Crippen LogP contribution in [0.15, 0.2) is 243 Å². The van der Waals surface area contributed by atoms with Crippen molar-refractivity contribution in [2.45, 2.75) is 0 Å². The van der Waals surface area contributed by atoms with E-state index in [1.165, 1.54) is 33.0 Å². The van der Waals surface area contributed by atoms with Gasteiger partial charge in [0.05, 0.1) is 33.6 Å². The van der Waals surface area contributed by atoms with E-state index in [-0.39, 0.29) is 0 Å². The molecular weight excluding hydrogens is 789 g/mol. The molecule has 3 heterocycles. The van der Waals surface area contributed by atoms with Gasteiger partial charge >= 0.3 is 0 Å². The number of para-hydroxylation sites is 2. The highest BCUT2D eigenvalue weighted by molar-refractivity contribution is 6.23. The molecule has 0 radical (unpaired) electrons. The first-order chi connectivity index (χ1) is 32.2. The van der Waals surface area contributed by atoms with E-state index in [4.69, 9.17) is 15.0 Å². The Labute approximate surface area is 377 Å². The van der Waals surface area contributed by atoms with Gasteiger partial charge in [0.15, 0.2) is 5.82 Å². The number of nitrogens with zero attached hydrogens (tertiary/aromatic N) is 4. The topological polar surface area (TPSA) is 43.6 Å². The minimum atomic E-state index is 0.681. The van der Waals surface area contributed by atoms with Gasteiger partial charge in [-0.25, -0.2) is 15.0 Å². The largest absolute Gasteiger partial charge is 0.307 e. The van der Waals surface area contributed by atoms with Crippen molar-refractivity contribution in [3.8, 4) is 84.2 Å². The van der Waals surface area contributed by atoms with Crippen LogP contribution in [0, 0.1) is 0 Å². The number of rotatable bonds is 8. The summed E-state index contributed by atoms with van der Waals surface area (Å²) in [6.45, 7) is 0. The average Bonchev–Trinajstić information content (AvgIpc) is 3.75. The molecule has 0 aliphatic rings. The highest BCUT2D eigenvalue weighted by Gasteiger charge is 2.21. The summed E-state index contributed by atoms with van der Waals surface area (Å²) in [5, 5.41) is 3.57. The first-order valence-corrected chi connectivity index (χ1v) is 22.0. The Bertz CT molecular complexity index is 3540. The SMILES string of the molecule is c1ccc(-c2ccc(-c3cc(-c4ccc(-c5ccccc5)cc4)nc(-c4ccc(-c5ccc(-n6c7ccccc7c7c8ccccc8nc(-c8ccccc8)c76)cc5)cc4)n3)cc2)cc1. The predicted octanol–water partition coefficient (Wildman–Crippen LogP) is 15.8. The van der Waals surface area contributed by atoms with Gasteiger partial charge in [0.1, 0.15) is 0 Å². The first kappa shape index (κ1) is 38.0. The van der Waals surface area contributed by atoms with Gasteiger partial charge < -0.3 is 4.57 Å². The summed E-state index contributed by atoms with van der Waals surface area (Å²) < 4.78 is 2.38. The normalized spacial score (nSPS) is 11.4. The molecule has 12 aromatic rings. The second-order valence-electron chi connectivity index (χ2n) is 16.4. The lowest BCUT2D eigenvalue weighted by Gasteiger charge is -2.13. The standard InChI is InChI=1S/C61H40N4/c1-4-14-41(15-5-1)43-24-30-47(31-25-43)55-40-56(48-32-26-44(27-33-48)42-16-6-2-7-17-42)64-61(63-55)50-34-28-45(29-35-50)46-36-38-51(39-37-46)65-57-23-13-11-21-53(57)58-52-20-10-12-22-54(52)62-59(60(58)65)49-18-8-3-9-19-49/h1-40H. The van der Waals surface area contributed by atoms with Gasteiger partial charge in [-0.1, -0.05) is 212 Å². The number of hydrogen-bond donors (Lipinski definition) is 0. The van der Waals surface area contributed by atoms with E-state index in [1.54, 1.807) is 0 Å². The van der Waals surface area contributed by atoms with Crippen molar-refractivity contribution < 1.29 is 0 Å². The van der Waals surface area contributed by atoms with Crippen molar-refractivity contribution in [1.29, 1.82) is 0 Å². The summed E-state index contributed by atoms with van der Waals surface area (Å²) in [6, 6.07) is 85.6. The molecule has 0 aliphatic carbocycles. The van der Waals surface area contributed by atoms with Crippen LogP contribution in [-0.2, 0) is 0 Å². The van der Waals surface area contributed by atoms with Crippen LogP contribution in [0.1, 0.15) is 0 Å². The van der Waals surface area contributed by atoms with E-state index < -0.39 is 0 Å². The van der Waals surface area contributed by atoms with Crippen LogP contribution in [0.4, 0.5) is 0 Å². The summed E-state index contributed by atoms with van der Waals surface area (Å²) in [7, 11) is 0. The Balaban J connectivity index is 0.913. The fraction of sp³-hybridized carbons (Fsp3) is 0.